The second-order valence-electron chi connectivity index (χ2n) is 5.58. The molecule has 3 heterocycles. The zero-order chi connectivity index (χ0) is 15.7. The molecule has 2 aromatic rings. The first-order chi connectivity index (χ1) is 10.6. The van der Waals surface area contributed by atoms with E-state index in [1.165, 1.54) is 0 Å². The smallest absolute Gasteiger partial charge is 0.272 e. The van der Waals surface area contributed by atoms with Crippen LogP contribution in [0.25, 0.3) is 0 Å². The Balaban J connectivity index is 1.69. The van der Waals surface area contributed by atoms with Gasteiger partial charge in [-0.3, -0.25) is 4.79 Å². The lowest BCUT2D eigenvalue weighted by Crippen LogP contribution is -2.49. The number of carbonyl (C=O) groups excluding carboxylic acids is 1. The molecular formula is C15H20N6O. The third kappa shape index (κ3) is 2.54. The van der Waals surface area contributed by atoms with Crippen LogP contribution in [0.4, 0.5) is 5.82 Å². The van der Waals surface area contributed by atoms with Gasteiger partial charge in [0.1, 0.15) is 17.8 Å². The molecule has 0 aromatic carbocycles. The first kappa shape index (κ1) is 14.5. The molecule has 0 saturated carbocycles. The number of hydrogen-bond acceptors (Lipinski definition) is 5. The number of hydrogen-bond donors (Lipinski definition) is 0. The maximum Gasteiger partial charge on any atom is 0.272 e. The standard InChI is InChI=1S/C15H20N6O/c1-11-12(2)17-9-18-14(11)20-4-6-21(7-5-20)15(22)13-8-16-10-19(13)3/h8-10H,4-7H2,1-3H3. The average molecular weight is 300 g/mol. The molecule has 0 spiro atoms. The molecule has 2 aromatic heterocycles. The molecule has 1 fully saturated rings. The van der Waals surface area contributed by atoms with Crippen LogP contribution in [-0.4, -0.2) is 56.5 Å². The highest BCUT2D eigenvalue weighted by Gasteiger charge is 2.25. The summed E-state index contributed by atoms with van der Waals surface area (Å²) in [6, 6.07) is 0. The van der Waals surface area contributed by atoms with Gasteiger partial charge < -0.3 is 14.4 Å². The van der Waals surface area contributed by atoms with Gasteiger partial charge in [0.05, 0.1) is 12.5 Å². The van der Waals surface area contributed by atoms with E-state index < -0.39 is 0 Å². The van der Waals surface area contributed by atoms with Gasteiger partial charge in [0.25, 0.3) is 5.91 Å². The Labute approximate surface area is 129 Å². The summed E-state index contributed by atoms with van der Waals surface area (Å²) in [5, 5.41) is 0. The second-order valence-corrected chi connectivity index (χ2v) is 5.58. The Morgan fingerprint density at radius 1 is 1.14 bits per heavy atom. The van der Waals surface area contributed by atoms with Crippen LogP contribution in [0.2, 0.25) is 0 Å². The van der Waals surface area contributed by atoms with Crippen molar-refractivity contribution in [2.45, 2.75) is 13.8 Å². The van der Waals surface area contributed by atoms with Gasteiger partial charge in [-0.15, -0.1) is 0 Å². The second kappa shape index (κ2) is 5.75. The summed E-state index contributed by atoms with van der Waals surface area (Å²) in [6.45, 7) is 6.96. The molecule has 116 valence electrons. The molecule has 0 radical (unpaired) electrons. The summed E-state index contributed by atoms with van der Waals surface area (Å²) < 4.78 is 1.76. The minimum atomic E-state index is 0.0373. The Morgan fingerprint density at radius 3 is 2.50 bits per heavy atom. The lowest BCUT2D eigenvalue weighted by molar-refractivity contribution is 0.0737. The van der Waals surface area contributed by atoms with Gasteiger partial charge in [-0.1, -0.05) is 0 Å². The summed E-state index contributed by atoms with van der Waals surface area (Å²) in [4.78, 5) is 29.2. The number of nitrogens with zero attached hydrogens (tertiary/aromatic N) is 6. The van der Waals surface area contributed by atoms with Crippen molar-refractivity contribution in [3.8, 4) is 0 Å². The predicted octanol–water partition coefficient (Wildman–Crippen LogP) is 0.789. The van der Waals surface area contributed by atoms with Crippen molar-refractivity contribution in [1.82, 2.24) is 24.4 Å². The third-order valence-corrected chi connectivity index (χ3v) is 4.21. The number of amides is 1. The Morgan fingerprint density at radius 2 is 1.86 bits per heavy atom. The van der Waals surface area contributed by atoms with Crippen molar-refractivity contribution in [3.63, 3.8) is 0 Å². The summed E-state index contributed by atoms with van der Waals surface area (Å²) in [7, 11) is 1.84. The van der Waals surface area contributed by atoms with Crippen LogP contribution < -0.4 is 4.90 Å². The van der Waals surface area contributed by atoms with E-state index in [0.717, 1.165) is 30.2 Å². The zero-order valence-electron chi connectivity index (χ0n) is 13.2. The van der Waals surface area contributed by atoms with Crippen molar-refractivity contribution in [3.05, 3.63) is 35.8 Å². The molecule has 1 amide bonds. The molecule has 22 heavy (non-hydrogen) atoms. The minimum Gasteiger partial charge on any atom is -0.353 e. The normalized spacial score (nSPS) is 15.2. The van der Waals surface area contributed by atoms with Crippen molar-refractivity contribution in [2.24, 2.45) is 7.05 Å². The minimum absolute atomic E-state index is 0.0373. The van der Waals surface area contributed by atoms with E-state index in [0.29, 0.717) is 18.8 Å². The SMILES string of the molecule is Cc1ncnc(N2CCN(C(=O)c3cncn3C)CC2)c1C. The molecule has 1 aliphatic rings. The summed E-state index contributed by atoms with van der Waals surface area (Å²) in [5.41, 5.74) is 2.73. The maximum absolute atomic E-state index is 12.5. The fraction of sp³-hybridized carbons (Fsp3) is 0.467. The topological polar surface area (TPSA) is 67.2 Å². The zero-order valence-corrected chi connectivity index (χ0v) is 13.2. The van der Waals surface area contributed by atoms with Crippen LogP contribution in [0.5, 0.6) is 0 Å². The van der Waals surface area contributed by atoms with Gasteiger partial charge in [0.2, 0.25) is 0 Å². The molecule has 0 unspecified atom stereocenters. The number of carbonyl (C=O) groups is 1. The van der Waals surface area contributed by atoms with E-state index in [9.17, 15) is 4.79 Å². The largest absolute Gasteiger partial charge is 0.353 e. The van der Waals surface area contributed by atoms with E-state index in [2.05, 4.69) is 19.9 Å². The number of aryl methyl sites for hydroxylation is 2. The van der Waals surface area contributed by atoms with Gasteiger partial charge in [0.15, 0.2) is 0 Å². The van der Waals surface area contributed by atoms with Crippen molar-refractivity contribution >= 4 is 11.7 Å². The predicted molar refractivity (Wildman–Crippen MR) is 82.8 cm³/mol. The van der Waals surface area contributed by atoms with Crippen LogP contribution in [0.15, 0.2) is 18.9 Å². The quantitative estimate of drug-likeness (QED) is 0.820. The highest BCUT2D eigenvalue weighted by atomic mass is 16.2. The Hall–Kier alpha value is -2.44. The van der Waals surface area contributed by atoms with Gasteiger partial charge >= 0.3 is 0 Å². The van der Waals surface area contributed by atoms with Crippen molar-refractivity contribution in [1.29, 1.82) is 0 Å². The monoisotopic (exact) mass is 300 g/mol. The van der Waals surface area contributed by atoms with Crippen molar-refractivity contribution in [2.75, 3.05) is 31.1 Å². The van der Waals surface area contributed by atoms with E-state index >= 15 is 0 Å². The van der Waals surface area contributed by atoms with E-state index in [4.69, 9.17) is 0 Å². The lowest BCUT2D eigenvalue weighted by atomic mass is 10.2. The Kier molecular flexibility index (Phi) is 3.79. The van der Waals surface area contributed by atoms with E-state index in [1.807, 2.05) is 25.8 Å². The highest BCUT2D eigenvalue weighted by Crippen LogP contribution is 2.20. The van der Waals surface area contributed by atoms with E-state index in [1.54, 1.807) is 23.4 Å². The van der Waals surface area contributed by atoms with Crippen LogP contribution >= 0.6 is 0 Å². The molecule has 0 atom stereocenters. The number of anilines is 1. The van der Waals surface area contributed by atoms with Crippen LogP contribution in [0, 0.1) is 13.8 Å². The summed E-state index contributed by atoms with van der Waals surface area (Å²) in [6.07, 6.45) is 4.87. The fourth-order valence-electron chi connectivity index (χ4n) is 2.69. The molecule has 7 nitrogen and oxygen atoms in total. The first-order valence-corrected chi connectivity index (χ1v) is 7.36. The summed E-state index contributed by atoms with van der Waals surface area (Å²) in [5.74, 6) is 1.01. The van der Waals surface area contributed by atoms with Crippen LogP contribution in [0.3, 0.4) is 0 Å². The first-order valence-electron chi connectivity index (χ1n) is 7.36. The fourth-order valence-corrected chi connectivity index (χ4v) is 2.69. The number of piperazine rings is 1. The third-order valence-electron chi connectivity index (χ3n) is 4.21. The molecular weight excluding hydrogens is 280 g/mol. The van der Waals surface area contributed by atoms with Gasteiger partial charge in [-0.25, -0.2) is 15.0 Å². The molecule has 1 aliphatic heterocycles. The van der Waals surface area contributed by atoms with Crippen LogP contribution in [0.1, 0.15) is 21.7 Å². The number of aromatic nitrogens is 4. The number of imidazole rings is 1. The average Bonchev–Trinajstić information content (AvgIpc) is 2.96. The van der Waals surface area contributed by atoms with Crippen LogP contribution in [-0.2, 0) is 7.05 Å². The van der Waals surface area contributed by atoms with Gasteiger partial charge in [-0.05, 0) is 13.8 Å². The lowest BCUT2D eigenvalue weighted by Gasteiger charge is -2.36. The molecule has 7 heteroatoms. The van der Waals surface area contributed by atoms with Crippen molar-refractivity contribution < 1.29 is 4.79 Å². The molecule has 0 bridgehead atoms. The molecule has 1 saturated heterocycles. The highest BCUT2D eigenvalue weighted by molar-refractivity contribution is 5.92. The molecule has 3 rings (SSSR count). The Bertz CT molecular complexity index is 687. The molecule has 0 aliphatic carbocycles. The summed E-state index contributed by atoms with van der Waals surface area (Å²) >= 11 is 0. The number of rotatable bonds is 2. The van der Waals surface area contributed by atoms with Gasteiger partial charge in [0, 0.05) is 44.5 Å². The maximum atomic E-state index is 12.5. The molecule has 0 N–H and O–H groups in total. The van der Waals surface area contributed by atoms with Gasteiger partial charge in [-0.2, -0.15) is 0 Å². The van der Waals surface area contributed by atoms with E-state index in [-0.39, 0.29) is 5.91 Å².